The number of carbonyl (C=O) groups excluding carboxylic acids is 2. The second kappa shape index (κ2) is 13.2. The van der Waals surface area contributed by atoms with Crippen LogP contribution in [0.5, 0.6) is 0 Å². The zero-order chi connectivity index (χ0) is 27.7. The van der Waals surface area contributed by atoms with Crippen molar-refractivity contribution in [3.63, 3.8) is 0 Å². The van der Waals surface area contributed by atoms with Crippen LogP contribution in [0.15, 0.2) is 89.8 Å². The zero-order valence-electron chi connectivity index (χ0n) is 22.5. The summed E-state index contributed by atoms with van der Waals surface area (Å²) in [7, 11) is -4.05. The van der Waals surface area contributed by atoms with Crippen molar-refractivity contribution in [1.82, 2.24) is 10.2 Å². The average molecular weight is 536 g/mol. The Labute approximate surface area is 226 Å². The Bertz CT molecular complexity index is 1310. The molecule has 0 aliphatic carbocycles. The smallest absolute Gasteiger partial charge is 0.264 e. The van der Waals surface area contributed by atoms with Crippen LogP contribution in [0.25, 0.3) is 0 Å². The number of hydrogen-bond acceptors (Lipinski definition) is 4. The van der Waals surface area contributed by atoms with Gasteiger partial charge >= 0.3 is 0 Å². The van der Waals surface area contributed by atoms with Crippen molar-refractivity contribution < 1.29 is 18.0 Å². The summed E-state index contributed by atoms with van der Waals surface area (Å²) in [6.45, 7) is 8.05. The van der Waals surface area contributed by atoms with E-state index in [1.165, 1.54) is 17.0 Å². The maximum Gasteiger partial charge on any atom is 0.264 e. The van der Waals surface area contributed by atoms with E-state index in [9.17, 15) is 18.0 Å². The predicted octanol–water partition coefficient (Wildman–Crippen LogP) is 4.77. The minimum absolute atomic E-state index is 0.0867. The van der Waals surface area contributed by atoms with E-state index in [2.05, 4.69) is 5.32 Å². The summed E-state index contributed by atoms with van der Waals surface area (Å²) < 4.78 is 28.6. The van der Waals surface area contributed by atoms with E-state index in [1.807, 2.05) is 52.0 Å². The third-order valence-corrected chi connectivity index (χ3v) is 7.95. The normalized spacial score (nSPS) is 12.1. The van der Waals surface area contributed by atoms with Crippen LogP contribution in [-0.2, 0) is 26.2 Å². The molecular weight excluding hydrogens is 498 g/mol. The number of rotatable bonds is 12. The first kappa shape index (κ1) is 28.9. The van der Waals surface area contributed by atoms with Gasteiger partial charge in [0.2, 0.25) is 11.8 Å². The minimum Gasteiger partial charge on any atom is -0.354 e. The highest BCUT2D eigenvalue weighted by Crippen LogP contribution is 2.24. The Kier molecular flexibility index (Phi) is 10.1. The standard InChI is InChI=1S/C30H37N3O4S/c1-5-28(30(35)31-20-23(2)3)32(21-25-14-12-13-24(4)19-25)29(34)22-33(26-15-8-6-9-16-26)38(36,37)27-17-10-7-11-18-27/h6-19,23,28H,5,20-22H2,1-4H3,(H,31,35)/t28-/m0/s1. The molecule has 3 aromatic rings. The predicted molar refractivity (Wildman–Crippen MR) is 151 cm³/mol. The van der Waals surface area contributed by atoms with Crippen molar-refractivity contribution in [2.24, 2.45) is 5.92 Å². The van der Waals surface area contributed by atoms with Gasteiger partial charge in [0.05, 0.1) is 10.6 Å². The molecule has 3 aromatic carbocycles. The molecule has 0 fully saturated rings. The Balaban J connectivity index is 2.01. The molecule has 0 radical (unpaired) electrons. The number of para-hydroxylation sites is 1. The molecule has 1 N–H and O–H groups in total. The highest BCUT2D eigenvalue weighted by molar-refractivity contribution is 7.92. The summed E-state index contributed by atoms with van der Waals surface area (Å²) in [5, 5.41) is 2.94. The Morgan fingerprint density at radius 3 is 2.11 bits per heavy atom. The minimum atomic E-state index is -4.05. The van der Waals surface area contributed by atoms with E-state index in [0.29, 0.717) is 18.7 Å². The first-order valence-corrected chi connectivity index (χ1v) is 14.3. The molecule has 3 rings (SSSR count). The molecule has 0 saturated heterocycles. The molecule has 1 atom stereocenters. The van der Waals surface area contributed by atoms with Gasteiger partial charge in [-0.3, -0.25) is 13.9 Å². The van der Waals surface area contributed by atoms with Crippen LogP contribution in [0.2, 0.25) is 0 Å². The molecule has 7 nitrogen and oxygen atoms in total. The number of carbonyl (C=O) groups is 2. The van der Waals surface area contributed by atoms with Crippen molar-refractivity contribution in [1.29, 1.82) is 0 Å². The van der Waals surface area contributed by atoms with Gasteiger partial charge in [-0.25, -0.2) is 8.42 Å². The lowest BCUT2D eigenvalue weighted by Crippen LogP contribution is -2.52. The van der Waals surface area contributed by atoms with E-state index in [1.54, 1.807) is 48.5 Å². The number of benzene rings is 3. The highest BCUT2D eigenvalue weighted by Gasteiger charge is 2.33. The molecule has 0 bridgehead atoms. The van der Waals surface area contributed by atoms with Gasteiger partial charge in [0.15, 0.2) is 0 Å². The third-order valence-electron chi connectivity index (χ3n) is 6.16. The lowest BCUT2D eigenvalue weighted by molar-refractivity contribution is -0.140. The Hall–Kier alpha value is -3.65. The summed E-state index contributed by atoms with van der Waals surface area (Å²) in [6.07, 6.45) is 0.387. The maximum atomic E-state index is 14.0. The number of nitrogens with one attached hydrogen (secondary N) is 1. The molecule has 202 valence electrons. The van der Waals surface area contributed by atoms with Crippen LogP contribution in [0, 0.1) is 12.8 Å². The number of aryl methyl sites for hydroxylation is 1. The van der Waals surface area contributed by atoms with Gasteiger partial charge in [-0.2, -0.15) is 0 Å². The Morgan fingerprint density at radius 1 is 0.895 bits per heavy atom. The summed E-state index contributed by atoms with van der Waals surface area (Å²) in [6, 6.07) is 23.6. The first-order valence-electron chi connectivity index (χ1n) is 12.9. The van der Waals surface area contributed by atoms with Crippen LogP contribution in [0.3, 0.4) is 0 Å². The summed E-state index contributed by atoms with van der Waals surface area (Å²) in [5.74, 6) is -0.456. The molecule has 0 aliphatic heterocycles. The molecule has 38 heavy (non-hydrogen) atoms. The Morgan fingerprint density at radius 2 is 1.53 bits per heavy atom. The zero-order valence-corrected chi connectivity index (χ0v) is 23.3. The molecule has 0 unspecified atom stereocenters. The quantitative estimate of drug-likeness (QED) is 0.362. The van der Waals surface area contributed by atoms with Gasteiger partial charge in [-0.1, -0.05) is 87.0 Å². The van der Waals surface area contributed by atoms with Crippen LogP contribution in [0.1, 0.15) is 38.3 Å². The lowest BCUT2D eigenvalue weighted by atomic mass is 10.1. The van der Waals surface area contributed by atoms with Gasteiger partial charge < -0.3 is 10.2 Å². The van der Waals surface area contributed by atoms with E-state index in [4.69, 9.17) is 0 Å². The van der Waals surface area contributed by atoms with Crippen LogP contribution in [-0.4, -0.2) is 44.3 Å². The topological polar surface area (TPSA) is 86.8 Å². The fourth-order valence-electron chi connectivity index (χ4n) is 4.19. The molecule has 0 heterocycles. The maximum absolute atomic E-state index is 14.0. The third kappa shape index (κ3) is 7.44. The molecule has 8 heteroatoms. The van der Waals surface area contributed by atoms with E-state index >= 15 is 0 Å². The van der Waals surface area contributed by atoms with Gasteiger partial charge in [-0.15, -0.1) is 0 Å². The van der Waals surface area contributed by atoms with Crippen molar-refractivity contribution in [2.45, 2.75) is 51.6 Å². The molecule has 0 saturated carbocycles. The molecule has 0 aliphatic rings. The molecule has 2 amide bonds. The molecule has 0 aromatic heterocycles. The number of hydrogen-bond donors (Lipinski definition) is 1. The largest absolute Gasteiger partial charge is 0.354 e. The second-order valence-corrected chi connectivity index (χ2v) is 11.6. The van der Waals surface area contributed by atoms with Crippen molar-refractivity contribution in [2.75, 3.05) is 17.4 Å². The summed E-state index contributed by atoms with van der Waals surface area (Å²) >= 11 is 0. The second-order valence-electron chi connectivity index (χ2n) is 9.73. The van der Waals surface area contributed by atoms with Crippen LogP contribution < -0.4 is 9.62 Å². The summed E-state index contributed by atoms with van der Waals surface area (Å²) in [4.78, 5) is 28.8. The fraction of sp³-hybridized carbons (Fsp3) is 0.333. The number of anilines is 1. The van der Waals surface area contributed by atoms with Gasteiger partial charge in [-0.05, 0) is 49.1 Å². The van der Waals surface area contributed by atoms with E-state index in [0.717, 1.165) is 15.4 Å². The van der Waals surface area contributed by atoms with Crippen LogP contribution >= 0.6 is 0 Å². The fourth-order valence-corrected chi connectivity index (χ4v) is 5.63. The van der Waals surface area contributed by atoms with Crippen molar-refractivity contribution in [3.8, 4) is 0 Å². The van der Waals surface area contributed by atoms with Crippen molar-refractivity contribution >= 4 is 27.5 Å². The number of amides is 2. The molecular formula is C30H37N3O4S. The van der Waals surface area contributed by atoms with Gasteiger partial charge in [0, 0.05) is 13.1 Å². The van der Waals surface area contributed by atoms with E-state index in [-0.39, 0.29) is 23.3 Å². The average Bonchev–Trinajstić information content (AvgIpc) is 2.91. The SMILES string of the molecule is CC[C@@H](C(=O)NCC(C)C)N(Cc1cccc(C)c1)C(=O)CN(c1ccccc1)S(=O)(=O)c1ccccc1. The summed E-state index contributed by atoms with van der Waals surface area (Å²) in [5.41, 5.74) is 2.27. The molecule has 0 spiro atoms. The first-order chi connectivity index (χ1) is 18.1. The van der Waals surface area contributed by atoms with Crippen molar-refractivity contribution in [3.05, 3.63) is 96.1 Å². The number of sulfonamides is 1. The van der Waals surface area contributed by atoms with E-state index < -0.39 is 28.5 Å². The monoisotopic (exact) mass is 535 g/mol. The lowest BCUT2D eigenvalue weighted by Gasteiger charge is -2.33. The van der Waals surface area contributed by atoms with Crippen LogP contribution in [0.4, 0.5) is 5.69 Å². The van der Waals surface area contributed by atoms with Gasteiger partial charge in [0.1, 0.15) is 12.6 Å². The highest BCUT2D eigenvalue weighted by atomic mass is 32.2. The van der Waals surface area contributed by atoms with Gasteiger partial charge in [0.25, 0.3) is 10.0 Å². The number of nitrogens with zero attached hydrogens (tertiary/aromatic N) is 2.